The van der Waals surface area contributed by atoms with Gasteiger partial charge in [-0.1, -0.05) is 23.4 Å². The van der Waals surface area contributed by atoms with Gasteiger partial charge in [-0.05, 0) is 55.0 Å². The van der Waals surface area contributed by atoms with Crippen molar-refractivity contribution in [3.8, 4) is 11.5 Å². The van der Waals surface area contributed by atoms with Crippen LogP contribution in [0.1, 0.15) is 12.0 Å². The number of carbonyl (C=O) groups is 1. The standard InChI is InChI=1S/C24H27ClN4O3S/c1-17-13-18(25)3-8-22(17)32-15-19-14-23(27-26-19)33-16-24(30)29-11-9-28(10-12-29)20-4-6-21(31-2)7-5-20/h3-8,13H,9-12,14-16H2,1-2H3. The van der Waals surface area contributed by atoms with Gasteiger partial charge >= 0.3 is 0 Å². The van der Waals surface area contributed by atoms with Crippen LogP contribution in [0.2, 0.25) is 5.02 Å². The molecule has 0 radical (unpaired) electrons. The van der Waals surface area contributed by atoms with Crippen LogP contribution in [0, 0.1) is 6.92 Å². The molecule has 2 aromatic rings. The molecule has 2 aliphatic rings. The van der Waals surface area contributed by atoms with E-state index in [1.807, 2.05) is 36.1 Å². The largest absolute Gasteiger partial charge is 0.497 e. The van der Waals surface area contributed by atoms with E-state index >= 15 is 0 Å². The van der Waals surface area contributed by atoms with Gasteiger partial charge in [0.15, 0.2) is 0 Å². The predicted molar refractivity (Wildman–Crippen MR) is 135 cm³/mol. The van der Waals surface area contributed by atoms with Crippen molar-refractivity contribution in [3.63, 3.8) is 0 Å². The van der Waals surface area contributed by atoms with Gasteiger partial charge in [0.25, 0.3) is 0 Å². The summed E-state index contributed by atoms with van der Waals surface area (Å²) in [4.78, 5) is 16.9. The maximum absolute atomic E-state index is 12.7. The number of anilines is 1. The number of piperazine rings is 1. The monoisotopic (exact) mass is 486 g/mol. The Kier molecular flexibility index (Phi) is 7.77. The Morgan fingerprint density at radius 1 is 1.09 bits per heavy atom. The number of methoxy groups -OCH3 is 1. The third-order valence-corrected chi connectivity index (χ3v) is 6.81. The average molecular weight is 487 g/mol. The number of nitrogens with zero attached hydrogens (tertiary/aromatic N) is 4. The average Bonchev–Trinajstić information content (AvgIpc) is 3.30. The SMILES string of the molecule is COc1ccc(N2CCN(C(=O)CSC3=NN=C(COc4ccc(Cl)cc4C)C3)CC2)cc1. The van der Waals surface area contributed by atoms with Crippen LogP contribution in [0.25, 0.3) is 0 Å². The zero-order valence-electron chi connectivity index (χ0n) is 18.8. The molecule has 1 saturated heterocycles. The van der Waals surface area contributed by atoms with E-state index in [4.69, 9.17) is 21.1 Å². The van der Waals surface area contributed by atoms with E-state index in [1.54, 1.807) is 13.2 Å². The summed E-state index contributed by atoms with van der Waals surface area (Å²) in [7, 11) is 1.66. The van der Waals surface area contributed by atoms with Gasteiger partial charge in [-0.3, -0.25) is 4.79 Å². The fourth-order valence-electron chi connectivity index (χ4n) is 3.71. The van der Waals surface area contributed by atoms with Crippen molar-refractivity contribution < 1.29 is 14.3 Å². The molecule has 1 fully saturated rings. The lowest BCUT2D eigenvalue weighted by molar-refractivity contribution is -0.128. The molecule has 0 aliphatic carbocycles. The molecule has 1 amide bonds. The van der Waals surface area contributed by atoms with Crippen LogP contribution in [0.15, 0.2) is 52.7 Å². The first-order chi connectivity index (χ1) is 16.0. The van der Waals surface area contributed by atoms with Crippen LogP contribution in [0.4, 0.5) is 5.69 Å². The molecule has 0 saturated carbocycles. The number of rotatable bonds is 7. The van der Waals surface area contributed by atoms with E-state index in [9.17, 15) is 4.79 Å². The lowest BCUT2D eigenvalue weighted by atomic mass is 10.2. The molecule has 2 aromatic carbocycles. The van der Waals surface area contributed by atoms with Crippen LogP contribution in [-0.2, 0) is 4.79 Å². The fourth-order valence-corrected chi connectivity index (χ4v) is 4.78. The number of benzene rings is 2. The summed E-state index contributed by atoms with van der Waals surface area (Å²) in [5.41, 5.74) is 2.99. The quantitative estimate of drug-likeness (QED) is 0.584. The van der Waals surface area contributed by atoms with Gasteiger partial charge in [0.05, 0.1) is 18.6 Å². The first-order valence-electron chi connectivity index (χ1n) is 10.8. The molecule has 0 atom stereocenters. The Bertz CT molecular complexity index is 1050. The van der Waals surface area contributed by atoms with Gasteiger partial charge in [0.2, 0.25) is 5.91 Å². The maximum atomic E-state index is 12.7. The number of hydrogen-bond donors (Lipinski definition) is 0. The fraction of sp³-hybridized carbons (Fsp3) is 0.375. The molecule has 174 valence electrons. The second-order valence-corrected chi connectivity index (χ2v) is 9.37. The minimum atomic E-state index is 0.138. The molecule has 0 unspecified atom stereocenters. The highest BCUT2D eigenvalue weighted by molar-refractivity contribution is 8.14. The Morgan fingerprint density at radius 2 is 1.85 bits per heavy atom. The maximum Gasteiger partial charge on any atom is 0.233 e. The van der Waals surface area contributed by atoms with E-state index in [-0.39, 0.29) is 5.91 Å². The van der Waals surface area contributed by atoms with Gasteiger partial charge in [0, 0.05) is 43.3 Å². The summed E-state index contributed by atoms with van der Waals surface area (Å²) in [6.45, 7) is 5.40. The van der Waals surface area contributed by atoms with Gasteiger partial charge in [-0.2, -0.15) is 5.10 Å². The van der Waals surface area contributed by atoms with Crippen LogP contribution in [-0.4, -0.2) is 67.2 Å². The summed E-state index contributed by atoms with van der Waals surface area (Å²) >= 11 is 7.45. The molecule has 0 N–H and O–H groups in total. The predicted octanol–water partition coefficient (Wildman–Crippen LogP) is 4.28. The van der Waals surface area contributed by atoms with Crippen molar-refractivity contribution in [2.75, 3.05) is 50.5 Å². The second-order valence-electron chi connectivity index (χ2n) is 7.89. The third-order valence-electron chi connectivity index (χ3n) is 5.62. The molecule has 2 heterocycles. The number of hydrogen-bond acceptors (Lipinski definition) is 7. The van der Waals surface area contributed by atoms with Crippen LogP contribution >= 0.6 is 23.4 Å². The topological polar surface area (TPSA) is 66.7 Å². The minimum Gasteiger partial charge on any atom is -0.497 e. The second kappa shape index (κ2) is 10.9. The highest BCUT2D eigenvalue weighted by Crippen LogP contribution is 2.23. The van der Waals surface area contributed by atoms with Crippen molar-refractivity contribution in [3.05, 3.63) is 53.1 Å². The Hall–Kier alpha value is -2.71. The summed E-state index contributed by atoms with van der Waals surface area (Å²) in [5.74, 6) is 2.14. The van der Waals surface area contributed by atoms with Crippen LogP contribution < -0.4 is 14.4 Å². The third kappa shape index (κ3) is 6.21. The summed E-state index contributed by atoms with van der Waals surface area (Å²) in [6, 6.07) is 13.6. The first-order valence-corrected chi connectivity index (χ1v) is 12.2. The van der Waals surface area contributed by atoms with Crippen molar-refractivity contribution >= 4 is 45.7 Å². The normalized spacial score (nSPS) is 15.8. The van der Waals surface area contributed by atoms with Gasteiger partial charge in [-0.15, -0.1) is 5.10 Å². The lowest BCUT2D eigenvalue weighted by Crippen LogP contribution is -2.49. The smallest absolute Gasteiger partial charge is 0.233 e. The van der Waals surface area contributed by atoms with E-state index in [1.165, 1.54) is 11.8 Å². The highest BCUT2D eigenvalue weighted by Gasteiger charge is 2.23. The molecule has 0 spiro atoms. The van der Waals surface area contributed by atoms with Gasteiger partial charge in [-0.25, -0.2) is 0 Å². The Balaban J connectivity index is 1.16. The lowest BCUT2D eigenvalue weighted by Gasteiger charge is -2.36. The van der Waals surface area contributed by atoms with Crippen molar-refractivity contribution in [1.29, 1.82) is 0 Å². The van der Waals surface area contributed by atoms with Crippen molar-refractivity contribution in [2.24, 2.45) is 10.2 Å². The van der Waals surface area contributed by atoms with E-state index in [0.717, 1.165) is 46.6 Å². The number of amides is 1. The van der Waals surface area contributed by atoms with E-state index < -0.39 is 0 Å². The molecule has 2 aliphatic heterocycles. The van der Waals surface area contributed by atoms with Gasteiger partial charge < -0.3 is 19.3 Å². The molecule has 4 rings (SSSR count). The number of ether oxygens (including phenoxy) is 2. The molecule has 33 heavy (non-hydrogen) atoms. The molecule has 9 heteroatoms. The minimum absolute atomic E-state index is 0.138. The zero-order chi connectivity index (χ0) is 23.2. The number of thioether (sulfide) groups is 1. The number of halogens is 1. The highest BCUT2D eigenvalue weighted by atomic mass is 35.5. The molecule has 7 nitrogen and oxygen atoms in total. The van der Waals surface area contributed by atoms with Gasteiger partial charge in [0.1, 0.15) is 23.1 Å². The van der Waals surface area contributed by atoms with Crippen LogP contribution in [0.3, 0.4) is 0 Å². The Morgan fingerprint density at radius 3 is 2.55 bits per heavy atom. The molecule has 0 aromatic heterocycles. The first kappa shape index (κ1) is 23.4. The van der Waals surface area contributed by atoms with Crippen molar-refractivity contribution in [1.82, 2.24) is 4.90 Å². The summed E-state index contributed by atoms with van der Waals surface area (Å²) < 4.78 is 11.1. The number of aryl methyl sites for hydroxylation is 1. The number of carbonyl (C=O) groups excluding carboxylic acids is 1. The Labute approximate surface area is 203 Å². The molecular formula is C24H27ClN4O3S. The summed E-state index contributed by atoms with van der Waals surface area (Å²) in [5, 5.41) is 9.98. The van der Waals surface area contributed by atoms with Crippen molar-refractivity contribution in [2.45, 2.75) is 13.3 Å². The van der Waals surface area contributed by atoms with E-state index in [2.05, 4.69) is 27.2 Å². The van der Waals surface area contributed by atoms with E-state index in [0.29, 0.717) is 36.9 Å². The van der Waals surface area contributed by atoms with Crippen LogP contribution in [0.5, 0.6) is 11.5 Å². The molecule has 0 bridgehead atoms. The molecular weight excluding hydrogens is 460 g/mol. The zero-order valence-corrected chi connectivity index (χ0v) is 20.4. The summed E-state index contributed by atoms with van der Waals surface area (Å²) in [6.07, 6.45) is 0.621.